The fourth-order valence-electron chi connectivity index (χ4n) is 2.07. The van der Waals surface area contributed by atoms with Crippen LogP contribution in [0.25, 0.3) is 0 Å². The number of hydrogen-bond donors (Lipinski definition) is 2. The molecule has 2 aromatic carbocycles. The summed E-state index contributed by atoms with van der Waals surface area (Å²) in [6.45, 7) is 2.06. The van der Waals surface area contributed by atoms with Gasteiger partial charge in [-0.05, 0) is 24.6 Å². The Balaban J connectivity index is 2.02. The highest BCUT2D eigenvalue weighted by molar-refractivity contribution is 8.00. The molecule has 3 rings (SSSR count). The fourth-order valence-corrected chi connectivity index (χ4v) is 3.23. The first-order chi connectivity index (χ1) is 9.28. The summed E-state index contributed by atoms with van der Waals surface area (Å²) in [4.78, 5) is 5.61. The standard InChI is InChI=1S/C15H14N2OS/c1-10-6-8-11(9-7-10)14-15(17-18)16-12-4-2-3-5-13(12)19-14/h2-9,14,18H,1H3,(H,16,17). The molecule has 1 heterocycles. The molecule has 3 nitrogen and oxygen atoms in total. The van der Waals surface area contributed by atoms with Gasteiger partial charge in [-0.2, -0.15) is 0 Å². The SMILES string of the molecule is Cc1ccc(C2Sc3ccccc3N=C2NO)cc1. The summed E-state index contributed by atoms with van der Waals surface area (Å²) >= 11 is 1.70. The van der Waals surface area contributed by atoms with Crippen molar-refractivity contribution >= 4 is 23.3 Å². The van der Waals surface area contributed by atoms with E-state index in [0.29, 0.717) is 5.84 Å². The van der Waals surface area contributed by atoms with E-state index in [1.54, 1.807) is 11.8 Å². The second-order valence-electron chi connectivity index (χ2n) is 4.49. The molecule has 0 aliphatic carbocycles. The monoisotopic (exact) mass is 270 g/mol. The Morgan fingerprint density at radius 1 is 1.11 bits per heavy atom. The van der Waals surface area contributed by atoms with Gasteiger partial charge in [-0.1, -0.05) is 42.0 Å². The Morgan fingerprint density at radius 3 is 2.58 bits per heavy atom. The van der Waals surface area contributed by atoms with E-state index in [-0.39, 0.29) is 5.25 Å². The van der Waals surface area contributed by atoms with Crippen LogP contribution < -0.4 is 5.48 Å². The minimum atomic E-state index is 0.000463. The molecule has 0 saturated carbocycles. The molecule has 0 fully saturated rings. The molecular weight excluding hydrogens is 256 g/mol. The Bertz CT molecular complexity index is 622. The van der Waals surface area contributed by atoms with Gasteiger partial charge >= 0.3 is 0 Å². The van der Waals surface area contributed by atoms with Crippen LogP contribution in [-0.4, -0.2) is 11.0 Å². The van der Waals surface area contributed by atoms with E-state index < -0.39 is 0 Å². The van der Waals surface area contributed by atoms with Crippen molar-refractivity contribution in [2.45, 2.75) is 17.1 Å². The molecular formula is C15H14N2OS. The quantitative estimate of drug-likeness (QED) is 0.774. The van der Waals surface area contributed by atoms with Gasteiger partial charge in [-0.3, -0.25) is 10.7 Å². The van der Waals surface area contributed by atoms with Crippen molar-refractivity contribution in [2.75, 3.05) is 0 Å². The maximum atomic E-state index is 9.31. The Kier molecular flexibility index (Phi) is 3.27. The maximum Gasteiger partial charge on any atom is 0.144 e. The first-order valence-electron chi connectivity index (χ1n) is 6.09. The lowest BCUT2D eigenvalue weighted by Gasteiger charge is -2.23. The van der Waals surface area contributed by atoms with Crippen molar-refractivity contribution in [3.8, 4) is 0 Å². The van der Waals surface area contributed by atoms with Crippen molar-refractivity contribution in [3.63, 3.8) is 0 Å². The van der Waals surface area contributed by atoms with Crippen molar-refractivity contribution in [1.82, 2.24) is 5.48 Å². The van der Waals surface area contributed by atoms with Crippen LogP contribution in [0.1, 0.15) is 16.4 Å². The van der Waals surface area contributed by atoms with E-state index in [0.717, 1.165) is 16.1 Å². The average Bonchev–Trinajstić information content (AvgIpc) is 2.46. The Hall–Kier alpha value is -1.78. The van der Waals surface area contributed by atoms with E-state index in [9.17, 15) is 5.21 Å². The largest absolute Gasteiger partial charge is 0.290 e. The van der Waals surface area contributed by atoms with Crippen LogP contribution in [0.3, 0.4) is 0 Å². The normalized spacial score (nSPS) is 17.6. The molecule has 4 heteroatoms. The highest BCUT2D eigenvalue weighted by atomic mass is 32.2. The zero-order valence-corrected chi connectivity index (χ0v) is 11.3. The summed E-state index contributed by atoms with van der Waals surface area (Å²) in [6.07, 6.45) is 0. The number of amidine groups is 1. The minimum Gasteiger partial charge on any atom is -0.290 e. The molecule has 1 aliphatic heterocycles. The predicted molar refractivity (Wildman–Crippen MR) is 78.2 cm³/mol. The van der Waals surface area contributed by atoms with Gasteiger partial charge in [0.25, 0.3) is 0 Å². The van der Waals surface area contributed by atoms with Gasteiger partial charge < -0.3 is 0 Å². The van der Waals surface area contributed by atoms with Crippen LogP contribution in [0.5, 0.6) is 0 Å². The van der Waals surface area contributed by atoms with Crippen LogP contribution in [0.15, 0.2) is 58.4 Å². The molecule has 0 bridgehead atoms. The predicted octanol–water partition coefficient (Wildman–Crippen LogP) is 3.85. The van der Waals surface area contributed by atoms with E-state index in [4.69, 9.17) is 0 Å². The number of hydrogen-bond acceptors (Lipinski definition) is 4. The van der Waals surface area contributed by atoms with Crippen LogP contribution in [0.4, 0.5) is 5.69 Å². The molecule has 1 unspecified atom stereocenters. The van der Waals surface area contributed by atoms with Gasteiger partial charge in [-0.15, -0.1) is 11.8 Å². The topological polar surface area (TPSA) is 44.6 Å². The first kappa shape index (κ1) is 12.3. The van der Waals surface area contributed by atoms with Crippen LogP contribution in [0, 0.1) is 6.92 Å². The number of nitrogens with zero attached hydrogens (tertiary/aromatic N) is 1. The average molecular weight is 270 g/mol. The number of aryl methyl sites for hydroxylation is 1. The van der Waals surface area contributed by atoms with Crippen LogP contribution in [-0.2, 0) is 0 Å². The summed E-state index contributed by atoms with van der Waals surface area (Å²) in [5.41, 5.74) is 5.49. The van der Waals surface area contributed by atoms with Crippen molar-refractivity contribution in [2.24, 2.45) is 4.99 Å². The summed E-state index contributed by atoms with van der Waals surface area (Å²) in [5, 5.41) is 9.31. The maximum absolute atomic E-state index is 9.31. The minimum absolute atomic E-state index is 0.000463. The van der Waals surface area contributed by atoms with E-state index in [1.165, 1.54) is 5.56 Å². The number of benzene rings is 2. The van der Waals surface area contributed by atoms with Crippen molar-refractivity contribution < 1.29 is 5.21 Å². The van der Waals surface area contributed by atoms with E-state index in [2.05, 4.69) is 47.7 Å². The number of nitrogens with one attached hydrogen (secondary N) is 1. The van der Waals surface area contributed by atoms with E-state index >= 15 is 0 Å². The molecule has 2 aromatic rings. The summed E-state index contributed by atoms with van der Waals surface area (Å²) in [6, 6.07) is 16.3. The highest BCUT2D eigenvalue weighted by Gasteiger charge is 2.25. The molecule has 0 saturated heterocycles. The highest BCUT2D eigenvalue weighted by Crippen LogP contribution is 2.44. The molecule has 2 N–H and O–H groups in total. The molecule has 1 atom stereocenters. The van der Waals surface area contributed by atoms with Gasteiger partial charge in [0.05, 0.1) is 10.9 Å². The summed E-state index contributed by atoms with van der Waals surface area (Å²) in [7, 11) is 0. The number of aliphatic imine (C=N–C) groups is 1. The lowest BCUT2D eigenvalue weighted by molar-refractivity contribution is 0.232. The number of rotatable bonds is 1. The van der Waals surface area contributed by atoms with Crippen molar-refractivity contribution in [1.29, 1.82) is 0 Å². The third kappa shape index (κ3) is 2.37. The lowest BCUT2D eigenvalue weighted by Crippen LogP contribution is -2.26. The molecule has 0 amide bonds. The summed E-state index contributed by atoms with van der Waals surface area (Å²) < 4.78 is 0. The third-order valence-corrected chi connectivity index (χ3v) is 4.42. The third-order valence-electron chi connectivity index (χ3n) is 3.09. The van der Waals surface area contributed by atoms with Gasteiger partial charge in [-0.25, -0.2) is 4.99 Å². The lowest BCUT2D eigenvalue weighted by atomic mass is 10.1. The zero-order chi connectivity index (χ0) is 13.2. The van der Waals surface area contributed by atoms with Crippen LogP contribution >= 0.6 is 11.8 Å². The fraction of sp³-hybridized carbons (Fsp3) is 0.133. The zero-order valence-electron chi connectivity index (χ0n) is 10.5. The Morgan fingerprint density at radius 2 is 1.84 bits per heavy atom. The second kappa shape index (κ2) is 5.07. The van der Waals surface area contributed by atoms with Crippen LogP contribution in [0.2, 0.25) is 0 Å². The number of fused-ring (bicyclic) bond motifs is 1. The van der Waals surface area contributed by atoms with Gasteiger partial charge in [0.1, 0.15) is 5.84 Å². The van der Waals surface area contributed by atoms with Gasteiger partial charge in [0, 0.05) is 4.90 Å². The molecule has 0 radical (unpaired) electrons. The van der Waals surface area contributed by atoms with Gasteiger partial charge in [0.15, 0.2) is 0 Å². The smallest absolute Gasteiger partial charge is 0.144 e. The second-order valence-corrected chi connectivity index (χ2v) is 5.63. The number of thioether (sulfide) groups is 1. The number of hydroxylamine groups is 1. The van der Waals surface area contributed by atoms with E-state index in [1.807, 2.05) is 18.2 Å². The summed E-state index contributed by atoms with van der Waals surface area (Å²) in [5.74, 6) is 0.576. The van der Waals surface area contributed by atoms with Gasteiger partial charge in [0.2, 0.25) is 0 Å². The molecule has 19 heavy (non-hydrogen) atoms. The van der Waals surface area contributed by atoms with Crippen molar-refractivity contribution in [3.05, 3.63) is 59.7 Å². The molecule has 0 aromatic heterocycles. The Labute approximate surface area is 116 Å². The molecule has 0 spiro atoms. The molecule has 96 valence electrons. The first-order valence-corrected chi connectivity index (χ1v) is 6.97. The molecule has 1 aliphatic rings. The number of para-hydroxylation sites is 1.